The van der Waals surface area contributed by atoms with E-state index >= 15 is 0 Å². The van der Waals surface area contributed by atoms with Gasteiger partial charge < -0.3 is 19.5 Å². The van der Waals surface area contributed by atoms with Crippen molar-refractivity contribution in [3.8, 4) is 11.1 Å². The minimum Gasteiger partial charge on any atom is -0.441 e. The second-order valence-corrected chi connectivity index (χ2v) is 10.2. The number of benzene rings is 3. The highest BCUT2D eigenvalue weighted by atomic mass is 16.3. The first-order chi connectivity index (χ1) is 19.0. The maximum Gasteiger partial charge on any atom is 0.311 e. The van der Waals surface area contributed by atoms with Gasteiger partial charge in [0.05, 0.1) is 12.7 Å². The summed E-state index contributed by atoms with van der Waals surface area (Å²) in [5.74, 6) is -0.295. The van der Waals surface area contributed by atoms with Crippen molar-refractivity contribution < 1.29 is 14.0 Å². The number of nitrogens with one attached hydrogen (secondary N) is 1. The Labute approximate surface area is 229 Å². The zero-order chi connectivity index (χ0) is 27.2. The van der Waals surface area contributed by atoms with Gasteiger partial charge in [0.2, 0.25) is 5.91 Å². The van der Waals surface area contributed by atoms with Crippen LogP contribution >= 0.6 is 0 Å². The van der Waals surface area contributed by atoms with Crippen molar-refractivity contribution in [1.29, 1.82) is 0 Å². The fourth-order valence-electron chi connectivity index (χ4n) is 5.08. The number of amides is 2. The zero-order valence-electron chi connectivity index (χ0n) is 22.5. The summed E-state index contributed by atoms with van der Waals surface area (Å²) in [4.78, 5) is 34.1. The van der Waals surface area contributed by atoms with E-state index in [9.17, 15) is 9.59 Å². The van der Waals surface area contributed by atoms with E-state index in [2.05, 4.69) is 63.7 Å². The Balaban J connectivity index is 1.38. The normalized spacial score (nSPS) is 13.6. The van der Waals surface area contributed by atoms with E-state index in [4.69, 9.17) is 4.42 Å². The van der Waals surface area contributed by atoms with Gasteiger partial charge in [0.1, 0.15) is 6.26 Å². The van der Waals surface area contributed by atoms with E-state index in [0.29, 0.717) is 12.2 Å². The van der Waals surface area contributed by atoms with Crippen LogP contribution in [0.4, 0.5) is 17.1 Å². The molecule has 0 aliphatic heterocycles. The van der Waals surface area contributed by atoms with Crippen molar-refractivity contribution in [3.63, 3.8) is 0 Å². The van der Waals surface area contributed by atoms with Gasteiger partial charge in [-0.3, -0.25) is 9.59 Å². The summed E-state index contributed by atoms with van der Waals surface area (Å²) in [6.45, 7) is 0.451. The van der Waals surface area contributed by atoms with Crippen molar-refractivity contribution in [2.24, 2.45) is 5.92 Å². The molecule has 1 aliphatic rings. The van der Waals surface area contributed by atoms with Crippen molar-refractivity contribution in [2.45, 2.75) is 38.6 Å². The Morgan fingerprint density at radius 2 is 1.59 bits per heavy atom. The molecule has 7 nitrogen and oxygen atoms in total. The first-order valence-corrected chi connectivity index (χ1v) is 13.5. The number of nitrogens with zero attached hydrogens (tertiary/aromatic N) is 3. The molecule has 0 bridgehead atoms. The molecule has 4 aromatic rings. The summed E-state index contributed by atoms with van der Waals surface area (Å²) >= 11 is 0. The second kappa shape index (κ2) is 12.0. The van der Waals surface area contributed by atoms with Crippen molar-refractivity contribution >= 4 is 28.9 Å². The van der Waals surface area contributed by atoms with Crippen LogP contribution < -0.4 is 15.1 Å². The summed E-state index contributed by atoms with van der Waals surface area (Å²) < 4.78 is 5.11. The summed E-state index contributed by atoms with van der Waals surface area (Å²) in [6.07, 6.45) is 7.97. The Kier molecular flexibility index (Phi) is 8.06. The molecule has 1 N–H and O–H groups in total. The Morgan fingerprint density at radius 3 is 2.23 bits per heavy atom. The number of aromatic nitrogens is 1. The third kappa shape index (κ3) is 6.37. The van der Waals surface area contributed by atoms with Crippen molar-refractivity contribution in [3.05, 3.63) is 96.7 Å². The number of hydrogen-bond acceptors (Lipinski definition) is 5. The number of rotatable bonds is 8. The van der Waals surface area contributed by atoms with Gasteiger partial charge in [-0.2, -0.15) is 0 Å². The summed E-state index contributed by atoms with van der Waals surface area (Å²) in [5, 5.41) is 2.82. The molecule has 3 aromatic carbocycles. The van der Waals surface area contributed by atoms with E-state index in [-0.39, 0.29) is 17.7 Å². The maximum absolute atomic E-state index is 13.8. The summed E-state index contributed by atoms with van der Waals surface area (Å²) in [5.41, 5.74) is 5.81. The average Bonchev–Trinajstić information content (AvgIpc) is 3.52. The second-order valence-electron chi connectivity index (χ2n) is 10.2. The molecule has 1 aromatic heterocycles. The standard InChI is InChI=1S/C32H34N4O3/c1-35(2)28-17-15-25(16-18-28)24-13-11-23(12-14-24)22-36(32(38)26-7-4-3-5-8-26)29-10-6-9-27(21-29)34-30(37)31-33-19-20-39-31/h6,9-21,26H,3-5,7-8,22H2,1-2H3,(H,34,37). The highest BCUT2D eigenvalue weighted by Crippen LogP contribution is 2.30. The number of carbonyl (C=O) groups is 2. The third-order valence-corrected chi connectivity index (χ3v) is 7.27. The highest BCUT2D eigenvalue weighted by Gasteiger charge is 2.27. The first-order valence-electron chi connectivity index (χ1n) is 13.5. The quantitative estimate of drug-likeness (QED) is 0.276. The van der Waals surface area contributed by atoms with Crippen LogP contribution in [-0.4, -0.2) is 30.9 Å². The molecule has 0 spiro atoms. The van der Waals surface area contributed by atoms with Gasteiger partial charge in [-0.25, -0.2) is 4.98 Å². The van der Waals surface area contributed by atoms with E-state index in [1.807, 2.05) is 37.2 Å². The van der Waals surface area contributed by atoms with Crippen LogP contribution in [0.2, 0.25) is 0 Å². The monoisotopic (exact) mass is 522 g/mol. The summed E-state index contributed by atoms with van der Waals surface area (Å²) in [6, 6.07) is 24.3. The smallest absolute Gasteiger partial charge is 0.311 e. The molecule has 7 heteroatoms. The van der Waals surface area contributed by atoms with Crippen molar-refractivity contribution in [1.82, 2.24) is 4.98 Å². The minimum atomic E-state index is -0.434. The van der Waals surface area contributed by atoms with Gasteiger partial charge in [-0.15, -0.1) is 0 Å². The molecule has 200 valence electrons. The molecular weight excluding hydrogens is 488 g/mol. The average molecular weight is 523 g/mol. The van der Waals surface area contributed by atoms with Crippen LogP contribution in [-0.2, 0) is 11.3 Å². The largest absolute Gasteiger partial charge is 0.441 e. The molecule has 0 atom stereocenters. The lowest BCUT2D eigenvalue weighted by molar-refractivity contribution is -0.123. The van der Waals surface area contributed by atoms with E-state index in [0.717, 1.165) is 53.7 Å². The molecule has 1 aliphatic carbocycles. The van der Waals surface area contributed by atoms with Crippen LogP contribution in [0.5, 0.6) is 0 Å². The SMILES string of the molecule is CN(C)c1ccc(-c2ccc(CN(C(=O)C3CCCCC3)c3cccc(NC(=O)c4ncco4)c3)cc2)cc1. The van der Waals surface area contributed by atoms with Crippen LogP contribution in [0.1, 0.15) is 48.4 Å². The van der Waals surface area contributed by atoms with Gasteiger partial charge in [0.15, 0.2) is 0 Å². The number of oxazole rings is 1. The molecule has 0 unspecified atom stereocenters. The predicted octanol–water partition coefficient (Wildman–Crippen LogP) is 6.77. The molecular formula is C32H34N4O3. The van der Waals surface area contributed by atoms with E-state index < -0.39 is 5.91 Å². The molecule has 1 heterocycles. The van der Waals surface area contributed by atoms with Gasteiger partial charge in [0, 0.05) is 37.1 Å². The Hall–Kier alpha value is -4.39. The van der Waals surface area contributed by atoms with Gasteiger partial charge in [0.25, 0.3) is 5.89 Å². The fourth-order valence-corrected chi connectivity index (χ4v) is 5.08. The van der Waals surface area contributed by atoms with E-state index in [1.54, 1.807) is 6.07 Å². The number of hydrogen-bond donors (Lipinski definition) is 1. The molecule has 0 saturated heterocycles. The predicted molar refractivity (Wildman–Crippen MR) is 155 cm³/mol. The Morgan fingerprint density at radius 1 is 0.897 bits per heavy atom. The number of anilines is 3. The highest BCUT2D eigenvalue weighted by molar-refractivity contribution is 6.02. The lowest BCUT2D eigenvalue weighted by Crippen LogP contribution is -2.36. The Bertz CT molecular complexity index is 1390. The van der Waals surface area contributed by atoms with Gasteiger partial charge >= 0.3 is 5.91 Å². The first kappa shape index (κ1) is 26.2. The molecule has 0 radical (unpaired) electrons. The molecule has 2 amide bonds. The van der Waals surface area contributed by atoms with Crippen LogP contribution in [0.25, 0.3) is 11.1 Å². The van der Waals surface area contributed by atoms with E-state index in [1.165, 1.54) is 18.9 Å². The lowest BCUT2D eigenvalue weighted by atomic mass is 9.88. The fraction of sp³-hybridized carbons (Fsp3) is 0.281. The van der Waals surface area contributed by atoms with Gasteiger partial charge in [-0.05, 0) is 59.9 Å². The van der Waals surface area contributed by atoms with Crippen molar-refractivity contribution in [2.75, 3.05) is 29.2 Å². The summed E-state index contributed by atoms with van der Waals surface area (Å²) in [7, 11) is 4.06. The molecule has 1 fully saturated rings. The third-order valence-electron chi connectivity index (χ3n) is 7.27. The minimum absolute atomic E-state index is 0.00742. The zero-order valence-corrected chi connectivity index (χ0v) is 22.5. The molecule has 5 rings (SSSR count). The topological polar surface area (TPSA) is 78.7 Å². The van der Waals surface area contributed by atoms with Gasteiger partial charge in [-0.1, -0.05) is 61.7 Å². The maximum atomic E-state index is 13.8. The molecule has 39 heavy (non-hydrogen) atoms. The lowest BCUT2D eigenvalue weighted by Gasteiger charge is -2.30. The van der Waals surface area contributed by atoms with Crippen LogP contribution in [0.3, 0.4) is 0 Å². The van der Waals surface area contributed by atoms with Crippen LogP contribution in [0, 0.1) is 5.92 Å². The van der Waals surface area contributed by atoms with Crippen LogP contribution in [0.15, 0.2) is 89.7 Å². The number of carbonyl (C=O) groups excluding carboxylic acids is 2. The molecule has 1 saturated carbocycles.